The molecule has 6 nitrogen and oxygen atoms in total. The van der Waals surface area contributed by atoms with Crippen molar-refractivity contribution in [3.8, 4) is 22.6 Å². The lowest BCUT2D eigenvalue weighted by Gasteiger charge is -2.23. The smallest absolute Gasteiger partial charge is 0.246 e. The summed E-state index contributed by atoms with van der Waals surface area (Å²) >= 11 is 3.58. The van der Waals surface area contributed by atoms with E-state index in [0.717, 1.165) is 44.4 Å². The number of H-pyrrole nitrogens is 1. The number of benzene rings is 4. The van der Waals surface area contributed by atoms with E-state index in [1.165, 1.54) is 29.3 Å². The van der Waals surface area contributed by atoms with E-state index in [4.69, 9.17) is 9.47 Å². The number of sulfonamides is 1. The van der Waals surface area contributed by atoms with Crippen molar-refractivity contribution in [3.63, 3.8) is 0 Å². The molecule has 0 bridgehead atoms. The van der Waals surface area contributed by atoms with E-state index in [9.17, 15) is 8.42 Å². The number of hydrogen-bond donors (Lipinski definition) is 1. The summed E-state index contributed by atoms with van der Waals surface area (Å²) in [7, 11) is -1.07. The van der Waals surface area contributed by atoms with Crippen LogP contribution >= 0.6 is 15.9 Å². The summed E-state index contributed by atoms with van der Waals surface area (Å²) < 4.78 is 57.0. The fourth-order valence-electron chi connectivity index (χ4n) is 5.71. The fraction of sp³-hybridized carbons (Fsp3) is 0.243. The molecule has 1 aliphatic rings. The lowest BCUT2D eigenvalue weighted by atomic mass is 9.95. The maximum atomic E-state index is 16.0. The van der Waals surface area contributed by atoms with Gasteiger partial charge in [-0.2, -0.15) is 4.31 Å². The van der Waals surface area contributed by atoms with Gasteiger partial charge in [0.2, 0.25) is 10.0 Å². The van der Waals surface area contributed by atoms with Crippen LogP contribution in [-0.4, -0.2) is 31.9 Å². The van der Waals surface area contributed by atoms with Crippen LogP contribution in [0.1, 0.15) is 40.8 Å². The second kappa shape index (κ2) is 13.8. The van der Waals surface area contributed by atoms with Crippen molar-refractivity contribution in [2.75, 3.05) is 14.2 Å². The molecule has 1 aliphatic carbocycles. The number of rotatable bonds is 13. The predicted octanol–water partition coefficient (Wildman–Crippen LogP) is 8.53. The molecule has 0 atom stereocenters. The van der Waals surface area contributed by atoms with Gasteiger partial charge in [0.05, 0.1) is 14.2 Å². The molecule has 9 heteroatoms. The summed E-state index contributed by atoms with van der Waals surface area (Å²) in [4.78, 5) is 3.13. The van der Waals surface area contributed by atoms with Gasteiger partial charge in [0.25, 0.3) is 0 Å². The van der Waals surface area contributed by atoms with Crippen LogP contribution in [0.4, 0.5) is 4.39 Å². The zero-order valence-corrected chi connectivity index (χ0v) is 28.2. The third kappa shape index (κ3) is 7.38. The van der Waals surface area contributed by atoms with Gasteiger partial charge >= 0.3 is 0 Å². The number of halogens is 2. The van der Waals surface area contributed by atoms with Crippen molar-refractivity contribution >= 4 is 26.0 Å². The molecular formula is C37H36BrFN2O4S. The molecule has 0 saturated heterocycles. The second-order valence-electron chi connectivity index (χ2n) is 11.7. The van der Waals surface area contributed by atoms with Gasteiger partial charge < -0.3 is 14.5 Å². The van der Waals surface area contributed by atoms with Crippen LogP contribution in [0.25, 0.3) is 11.1 Å². The molecule has 1 aromatic heterocycles. The van der Waals surface area contributed by atoms with Crippen LogP contribution < -0.4 is 9.47 Å². The maximum absolute atomic E-state index is 16.0. The Kier molecular flexibility index (Phi) is 9.63. The zero-order chi connectivity index (χ0) is 32.3. The van der Waals surface area contributed by atoms with Crippen LogP contribution in [-0.2, 0) is 36.0 Å². The number of aromatic nitrogens is 1. The molecule has 1 heterocycles. The molecule has 1 N–H and O–H groups in total. The Morgan fingerprint density at radius 1 is 0.848 bits per heavy atom. The van der Waals surface area contributed by atoms with Gasteiger partial charge in [-0.1, -0.05) is 58.4 Å². The van der Waals surface area contributed by atoms with Crippen LogP contribution in [0, 0.1) is 11.7 Å². The Bertz CT molecular complexity index is 1870. The summed E-state index contributed by atoms with van der Waals surface area (Å²) in [5.41, 5.74) is 6.62. The van der Waals surface area contributed by atoms with Crippen molar-refractivity contribution in [3.05, 3.63) is 135 Å². The minimum Gasteiger partial charge on any atom is -0.497 e. The molecule has 0 aliphatic heterocycles. The zero-order valence-electron chi connectivity index (χ0n) is 25.8. The monoisotopic (exact) mass is 702 g/mol. The average Bonchev–Trinajstić information content (AvgIpc) is 3.80. The predicted molar refractivity (Wildman–Crippen MR) is 182 cm³/mol. The minimum atomic E-state index is -4.23. The highest BCUT2D eigenvalue weighted by atomic mass is 79.9. The highest BCUT2D eigenvalue weighted by Gasteiger charge is 2.29. The Morgan fingerprint density at radius 3 is 2.00 bits per heavy atom. The molecule has 0 radical (unpaired) electrons. The second-order valence-corrected chi connectivity index (χ2v) is 14.6. The van der Waals surface area contributed by atoms with E-state index in [-0.39, 0.29) is 18.0 Å². The van der Waals surface area contributed by atoms with E-state index >= 15 is 4.39 Å². The first kappa shape index (κ1) is 32.0. The largest absolute Gasteiger partial charge is 0.497 e. The van der Waals surface area contributed by atoms with Crippen molar-refractivity contribution < 1.29 is 22.3 Å². The summed E-state index contributed by atoms with van der Waals surface area (Å²) in [6, 6.07) is 27.0. The van der Waals surface area contributed by atoms with Crippen molar-refractivity contribution in [1.82, 2.24) is 9.29 Å². The molecule has 1 saturated carbocycles. The van der Waals surface area contributed by atoms with Crippen LogP contribution in [0.2, 0.25) is 0 Å². The number of ether oxygens (including phenoxy) is 2. The first-order valence-corrected chi connectivity index (χ1v) is 17.5. The Morgan fingerprint density at radius 2 is 1.46 bits per heavy atom. The molecule has 6 rings (SSSR count). The van der Waals surface area contributed by atoms with Gasteiger partial charge in [-0.25, -0.2) is 12.8 Å². The Balaban J connectivity index is 1.31. The molecule has 46 heavy (non-hydrogen) atoms. The lowest BCUT2D eigenvalue weighted by molar-refractivity contribution is 0.395. The summed E-state index contributed by atoms with van der Waals surface area (Å²) in [6.07, 6.45) is 5.89. The van der Waals surface area contributed by atoms with Crippen molar-refractivity contribution in [2.45, 2.75) is 43.7 Å². The molecular weight excluding hydrogens is 667 g/mol. The van der Waals surface area contributed by atoms with Gasteiger partial charge in [0, 0.05) is 35.0 Å². The first-order valence-electron chi connectivity index (χ1n) is 15.2. The Labute approximate surface area is 278 Å². The molecule has 0 amide bonds. The van der Waals surface area contributed by atoms with Gasteiger partial charge in [-0.05, 0) is 108 Å². The SMILES string of the molecule is COc1ccc(CN(Cc2ccc(OC)cc2)S(=O)(=O)c2ccc(Cc3c(-c4cccc(Br)c4)c[nH]c3CC3CC3)cc2F)cc1. The quantitative estimate of drug-likeness (QED) is 0.134. The van der Waals surface area contributed by atoms with Gasteiger partial charge in [0.1, 0.15) is 22.2 Å². The van der Waals surface area contributed by atoms with Crippen molar-refractivity contribution in [1.29, 1.82) is 0 Å². The minimum absolute atomic E-state index is 0.0589. The molecule has 238 valence electrons. The van der Waals surface area contributed by atoms with Crippen LogP contribution in [0.5, 0.6) is 11.5 Å². The van der Waals surface area contributed by atoms with E-state index in [1.807, 2.05) is 42.6 Å². The number of hydrogen-bond acceptors (Lipinski definition) is 4. The summed E-state index contributed by atoms with van der Waals surface area (Å²) in [6.45, 7) is 0.118. The van der Waals surface area contributed by atoms with Gasteiger partial charge in [-0.15, -0.1) is 0 Å². The molecule has 5 aromatic rings. The summed E-state index contributed by atoms with van der Waals surface area (Å²) in [5, 5.41) is 0. The van der Waals surface area contributed by atoms with E-state index < -0.39 is 15.8 Å². The van der Waals surface area contributed by atoms with E-state index in [2.05, 4.69) is 33.0 Å². The fourth-order valence-corrected chi connectivity index (χ4v) is 7.57. The lowest BCUT2D eigenvalue weighted by Crippen LogP contribution is -2.31. The first-order chi connectivity index (χ1) is 22.2. The van der Waals surface area contributed by atoms with Crippen LogP contribution in [0.15, 0.2) is 107 Å². The Hall–Kier alpha value is -3.92. The molecule has 0 unspecified atom stereocenters. The van der Waals surface area contributed by atoms with E-state index in [0.29, 0.717) is 29.4 Å². The van der Waals surface area contributed by atoms with E-state index in [1.54, 1.807) is 44.6 Å². The third-order valence-corrected chi connectivity index (χ3v) is 10.8. The normalized spacial score (nSPS) is 13.2. The number of methoxy groups -OCH3 is 2. The highest BCUT2D eigenvalue weighted by Crippen LogP contribution is 2.37. The highest BCUT2D eigenvalue weighted by molar-refractivity contribution is 9.10. The van der Waals surface area contributed by atoms with Gasteiger partial charge in [-0.3, -0.25) is 0 Å². The average molecular weight is 704 g/mol. The van der Waals surface area contributed by atoms with Crippen LogP contribution in [0.3, 0.4) is 0 Å². The number of nitrogens with one attached hydrogen (secondary N) is 1. The topological polar surface area (TPSA) is 71.6 Å². The maximum Gasteiger partial charge on any atom is 0.246 e. The van der Waals surface area contributed by atoms with Gasteiger partial charge in [0.15, 0.2) is 0 Å². The molecule has 1 fully saturated rings. The number of nitrogens with zero attached hydrogens (tertiary/aromatic N) is 1. The van der Waals surface area contributed by atoms with Crippen molar-refractivity contribution in [2.24, 2.45) is 5.92 Å². The number of aromatic amines is 1. The standard InChI is InChI=1S/C37H36BrFN2O4S/c1-44-31-13-8-26(9-14-31)23-41(24-27-10-15-32(45-2)16-11-27)46(42,43)37-17-12-28(19-35(37)39)18-33-34(29-4-3-5-30(38)21-29)22-40-36(33)20-25-6-7-25/h3-5,8-17,19,21-22,25,40H,6-7,18,20,23-24H2,1-2H3. The summed E-state index contributed by atoms with van der Waals surface area (Å²) in [5.74, 6) is 1.23. The molecule has 4 aromatic carbocycles. The molecule has 0 spiro atoms. The third-order valence-electron chi connectivity index (χ3n) is 8.44.